The number of aliphatic hydroxyl groups excluding tert-OH is 2. The summed E-state index contributed by atoms with van der Waals surface area (Å²) in [5.41, 5.74) is 17.4. The average molecular weight is 976 g/mol. The summed E-state index contributed by atoms with van der Waals surface area (Å²) in [5.74, 6) is -9.01. The SMILES string of the molecule is CC(C)C[C@H](NC(=O)[C@H](CC(C)C)NC(=O)[C@H](CCCCN)NC(=O)[C@H](CCC(N)=O)NC(=O)CNC(=O)[C@H](CO)NC(=O)[C@@H]1CCCN1C(=O)[C@@H](N)CO)C(=O)N[C@@H](Cc1ccccc1)C(=O)O. The third-order valence-electron chi connectivity index (χ3n) is 11.1. The molecule has 0 bridgehead atoms. The van der Waals surface area contributed by atoms with Crippen molar-refractivity contribution < 1.29 is 63.3 Å². The van der Waals surface area contributed by atoms with Crippen LogP contribution in [0.3, 0.4) is 0 Å². The number of primary amides is 1. The topological polar surface area (TPSA) is 397 Å². The van der Waals surface area contributed by atoms with Gasteiger partial charge in [-0.25, -0.2) is 4.79 Å². The molecule has 8 atom stereocenters. The molecule has 1 aromatic rings. The van der Waals surface area contributed by atoms with E-state index < -0.39 is 134 Å². The van der Waals surface area contributed by atoms with E-state index in [2.05, 4.69) is 37.2 Å². The number of likely N-dealkylation sites (tertiary alicyclic amines) is 1. The number of unbranched alkanes of at least 4 members (excludes halogenated alkanes) is 1. The van der Waals surface area contributed by atoms with Gasteiger partial charge < -0.3 is 74.6 Å². The second-order valence-electron chi connectivity index (χ2n) is 17.9. The first-order chi connectivity index (χ1) is 32.6. The lowest BCUT2D eigenvalue weighted by atomic mass is 9.99. The lowest BCUT2D eigenvalue weighted by Gasteiger charge is -2.28. The van der Waals surface area contributed by atoms with Crippen LogP contribution in [-0.4, -0.2) is 161 Å². The Hall–Kier alpha value is -6.24. The number of nitrogens with one attached hydrogen (secondary N) is 7. The summed E-state index contributed by atoms with van der Waals surface area (Å²) in [5, 5.41) is 46.5. The van der Waals surface area contributed by atoms with Gasteiger partial charge in [0.05, 0.1) is 19.8 Å². The van der Waals surface area contributed by atoms with Gasteiger partial charge in [-0.1, -0.05) is 58.0 Å². The van der Waals surface area contributed by atoms with Crippen molar-refractivity contribution in [2.45, 2.75) is 140 Å². The molecule has 24 heteroatoms. The molecule has 16 N–H and O–H groups in total. The van der Waals surface area contributed by atoms with E-state index in [-0.39, 0.29) is 63.5 Å². The molecular weight excluding hydrogens is 903 g/mol. The predicted molar refractivity (Wildman–Crippen MR) is 250 cm³/mol. The van der Waals surface area contributed by atoms with E-state index in [1.54, 1.807) is 44.2 Å². The number of rotatable bonds is 31. The molecule has 0 aliphatic carbocycles. The Bertz CT molecular complexity index is 1910. The average Bonchev–Trinajstić information content (AvgIpc) is 3.80. The second kappa shape index (κ2) is 30.3. The standard InChI is InChI=1S/C45H73N11O13/c1-25(2)19-31(41(64)53-32(20-26(3)4)42(65)54-33(45(68)69)21-27-11-6-5-7-12-27)52-39(62)29(13-8-9-17-46)51-40(63)30(15-16-36(48)59)50-37(60)22-49-38(61)34(24-58)55-43(66)35-14-10-18-56(35)44(67)28(47)23-57/h5-7,11-12,25-26,28-35,57-58H,8-10,13-24,46-47H2,1-4H3,(H2,48,59)(H,49,61)(H,50,60)(H,51,63)(H,52,62)(H,53,64)(H,54,65)(H,55,66)(H,68,69)/t28-,29-,30-,31-,32-,33-,34-,35-/m0/s1. The zero-order valence-electron chi connectivity index (χ0n) is 39.9. The number of amides is 9. The number of carboxylic acids is 1. The number of hydrogen-bond donors (Lipinski definition) is 13. The predicted octanol–water partition coefficient (Wildman–Crippen LogP) is -3.87. The number of nitrogens with two attached hydrogens (primary N) is 3. The van der Waals surface area contributed by atoms with Crippen molar-refractivity contribution in [2.24, 2.45) is 29.0 Å². The first-order valence-corrected chi connectivity index (χ1v) is 23.2. The summed E-state index contributed by atoms with van der Waals surface area (Å²) in [7, 11) is 0. The van der Waals surface area contributed by atoms with Crippen molar-refractivity contribution in [1.82, 2.24) is 42.1 Å². The Morgan fingerprint density at radius 2 is 1.22 bits per heavy atom. The van der Waals surface area contributed by atoms with Crippen molar-refractivity contribution in [3.63, 3.8) is 0 Å². The maximum absolute atomic E-state index is 14.0. The van der Waals surface area contributed by atoms with E-state index in [0.29, 0.717) is 24.8 Å². The molecule has 1 aliphatic heterocycles. The number of aliphatic hydroxyl groups is 2. The highest BCUT2D eigenvalue weighted by atomic mass is 16.4. The van der Waals surface area contributed by atoms with Crippen molar-refractivity contribution >= 4 is 59.1 Å². The first kappa shape index (κ1) is 58.9. The normalized spacial score (nSPS) is 16.4. The first-order valence-electron chi connectivity index (χ1n) is 23.2. The summed E-state index contributed by atoms with van der Waals surface area (Å²) in [6, 6.07) is -1.71. The fourth-order valence-electron chi connectivity index (χ4n) is 7.45. The van der Waals surface area contributed by atoms with Gasteiger partial charge in [-0.2, -0.15) is 0 Å². The fraction of sp³-hybridized carbons (Fsp3) is 0.644. The highest BCUT2D eigenvalue weighted by Gasteiger charge is 2.38. The summed E-state index contributed by atoms with van der Waals surface area (Å²) in [6.07, 6.45) is 0.923. The van der Waals surface area contributed by atoms with Crippen LogP contribution in [0.15, 0.2) is 30.3 Å². The maximum Gasteiger partial charge on any atom is 0.326 e. The maximum atomic E-state index is 14.0. The monoisotopic (exact) mass is 976 g/mol. The molecule has 1 saturated heterocycles. The molecular formula is C45H73N11O13. The molecule has 0 spiro atoms. The van der Waals surface area contributed by atoms with E-state index in [0.717, 1.165) is 0 Å². The Balaban J connectivity index is 2.22. The van der Waals surface area contributed by atoms with Gasteiger partial charge in [-0.15, -0.1) is 0 Å². The minimum Gasteiger partial charge on any atom is -0.480 e. The summed E-state index contributed by atoms with van der Waals surface area (Å²) < 4.78 is 0. The van der Waals surface area contributed by atoms with Crippen molar-refractivity contribution in [3.8, 4) is 0 Å². The third-order valence-corrected chi connectivity index (χ3v) is 11.1. The molecule has 0 aromatic heterocycles. The van der Waals surface area contributed by atoms with Crippen LogP contribution >= 0.6 is 0 Å². The van der Waals surface area contributed by atoms with Crippen molar-refractivity contribution in [2.75, 3.05) is 32.8 Å². The van der Waals surface area contributed by atoms with Crippen molar-refractivity contribution in [3.05, 3.63) is 35.9 Å². The van der Waals surface area contributed by atoms with Gasteiger partial charge in [0.1, 0.15) is 48.3 Å². The lowest BCUT2D eigenvalue weighted by Crippen LogP contribution is -2.59. The quantitative estimate of drug-likeness (QED) is 0.0317. The Morgan fingerprint density at radius 1 is 0.681 bits per heavy atom. The van der Waals surface area contributed by atoms with Gasteiger partial charge in [0.2, 0.25) is 53.2 Å². The molecule has 1 aliphatic rings. The largest absolute Gasteiger partial charge is 0.480 e. The van der Waals surface area contributed by atoms with Gasteiger partial charge in [0.25, 0.3) is 0 Å². The number of nitrogens with zero attached hydrogens (tertiary/aromatic N) is 1. The summed E-state index contributed by atoms with van der Waals surface area (Å²) in [6.45, 7) is 5.31. The van der Waals surface area contributed by atoms with E-state index in [1.165, 1.54) is 4.90 Å². The zero-order chi connectivity index (χ0) is 51.8. The van der Waals surface area contributed by atoms with Crippen LogP contribution in [0.2, 0.25) is 0 Å². The Kier molecular flexibility index (Phi) is 25.8. The van der Waals surface area contributed by atoms with Crippen LogP contribution in [0.4, 0.5) is 0 Å². The van der Waals surface area contributed by atoms with Crippen LogP contribution < -0.4 is 54.4 Å². The van der Waals surface area contributed by atoms with Crippen LogP contribution in [0.1, 0.15) is 91.0 Å². The van der Waals surface area contributed by atoms with Crippen LogP contribution in [0.5, 0.6) is 0 Å². The summed E-state index contributed by atoms with van der Waals surface area (Å²) >= 11 is 0. The number of benzene rings is 1. The van der Waals surface area contributed by atoms with Gasteiger partial charge in [0, 0.05) is 19.4 Å². The molecule has 1 fully saturated rings. The number of hydrogen-bond acceptors (Lipinski definition) is 14. The number of aliphatic carboxylic acids is 1. The van der Waals surface area contributed by atoms with Crippen LogP contribution in [0, 0.1) is 11.8 Å². The third kappa shape index (κ3) is 20.9. The summed E-state index contributed by atoms with van der Waals surface area (Å²) in [4.78, 5) is 132. The molecule has 9 amide bonds. The smallest absolute Gasteiger partial charge is 0.326 e. The molecule has 386 valence electrons. The molecule has 0 unspecified atom stereocenters. The van der Waals surface area contributed by atoms with E-state index in [4.69, 9.17) is 17.2 Å². The Labute approximate surface area is 401 Å². The van der Waals surface area contributed by atoms with Gasteiger partial charge in [-0.3, -0.25) is 43.2 Å². The number of carbonyl (C=O) groups is 10. The van der Waals surface area contributed by atoms with Crippen molar-refractivity contribution in [1.29, 1.82) is 0 Å². The van der Waals surface area contributed by atoms with Gasteiger partial charge in [0.15, 0.2) is 0 Å². The number of carbonyl (C=O) groups excluding carboxylic acids is 9. The molecule has 0 saturated carbocycles. The van der Waals surface area contributed by atoms with E-state index in [9.17, 15) is 63.3 Å². The minimum absolute atomic E-state index is 0.0148. The van der Waals surface area contributed by atoms with Gasteiger partial charge >= 0.3 is 5.97 Å². The number of carboxylic acid groups (broad SMARTS) is 1. The van der Waals surface area contributed by atoms with Crippen LogP contribution in [-0.2, 0) is 54.4 Å². The van der Waals surface area contributed by atoms with E-state index >= 15 is 0 Å². The molecule has 1 aromatic carbocycles. The van der Waals surface area contributed by atoms with Gasteiger partial charge in [-0.05, 0) is 75.3 Å². The van der Waals surface area contributed by atoms with E-state index in [1.807, 2.05) is 13.8 Å². The van der Waals surface area contributed by atoms with Crippen LogP contribution in [0.25, 0.3) is 0 Å². The Morgan fingerprint density at radius 3 is 1.72 bits per heavy atom. The molecule has 2 rings (SSSR count). The highest BCUT2D eigenvalue weighted by Crippen LogP contribution is 2.19. The molecule has 24 nitrogen and oxygen atoms in total. The molecule has 0 radical (unpaired) electrons. The second-order valence-corrected chi connectivity index (χ2v) is 17.9. The zero-order valence-corrected chi connectivity index (χ0v) is 39.9. The molecule has 1 heterocycles. The molecule has 69 heavy (non-hydrogen) atoms. The highest BCUT2D eigenvalue weighted by molar-refractivity contribution is 5.97. The minimum atomic E-state index is -1.56. The fourth-order valence-corrected chi connectivity index (χ4v) is 7.45. The lowest BCUT2D eigenvalue weighted by molar-refractivity contribution is -0.142.